The first-order chi connectivity index (χ1) is 8.80. The van der Waals surface area contributed by atoms with Gasteiger partial charge in [-0.25, -0.2) is 4.79 Å². The Morgan fingerprint density at radius 2 is 1.89 bits per heavy atom. The highest BCUT2D eigenvalue weighted by atomic mass is 16.4. The number of carbonyl (C=O) groups excluding carboxylic acids is 1. The zero-order valence-electron chi connectivity index (χ0n) is 11.9. The van der Waals surface area contributed by atoms with E-state index in [4.69, 9.17) is 0 Å². The summed E-state index contributed by atoms with van der Waals surface area (Å²) >= 11 is 0. The van der Waals surface area contributed by atoms with Gasteiger partial charge in [0.25, 0.3) is 5.91 Å². The van der Waals surface area contributed by atoms with Gasteiger partial charge in [0.15, 0.2) is 0 Å². The van der Waals surface area contributed by atoms with Crippen molar-refractivity contribution in [2.45, 2.75) is 46.1 Å². The Labute approximate surface area is 113 Å². The standard InChI is InChI=1S/C15H21NO3/c1-5-8-15(4,14(18)19)16-13(17)12-7-6-10(2)11(3)9-12/h6-7,9H,5,8H2,1-4H3,(H,16,17)(H,18,19). The zero-order valence-corrected chi connectivity index (χ0v) is 11.9. The molecule has 1 rings (SSSR count). The van der Waals surface area contributed by atoms with Crippen LogP contribution in [0, 0.1) is 13.8 Å². The maximum atomic E-state index is 12.1. The fraction of sp³-hybridized carbons (Fsp3) is 0.467. The molecule has 104 valence electrons. The summed E-state index contributed by atoms with van der Waals surface area (Å²) in [5, 5.41) is 11.9. The molecule has 1 aromatic rings. The van der Waals surface area contributed by atoms with Crippen LogP contribution in [-0.4, -0.2) is 22.5 Å². The quantitative estimate of drug-likeness (QED) is 0.858. The lowest BCUT2D eigenvalue weighted by Crippen LogP contribution is -2.52. The Morgan fingerprint density at radius 3 is 2.37 bits per heavy atom. The third kappa shape index (κ3) is 3.56. The molecule has 4 heteroatoms. The van der Waals surface area contributed by atoms with Gasteiger partial charge in [0.1, 0.15) is 5.54 Å². The van der Waals surface area contributed by atoms with Crippen molar-refractivity contribution in [1.29, 1.82) is 0 Å². The van der Waals surface area contributed by atoms with Gasteiger partial charge in [0, 0.05) is 5.56 Å². The Morgan fingerprint density at radius 1 is 1.26 bits per heavy atom. The van der Waals surface area contributed by atoms with Crippen LogP contribution in [0.25, 0.3) is 0 Å². The molecule has 0 bridgehead atoms. The minimum atomic E-state index is -1.22. The van der Waals surface area contributed by atoms with Crippen molar-refractivity contribution in [3.05, 3.63) is 34.9 Å². The van der Waals surface area contributed by atoms with Crippen molar-refractivity contribution in [1.82, 2.24) is 5.32 Å². The first-order valence-corrected chi connectivity index (χ1v) is 6.43. The molecule has 0 fully saturated rings. The summed E-state index contributed by atoms with van der Waals surface area (Å²) in [6.45, 7) is 7.32. The second kappa shape index (κ2) is 5.87. The molecular formula is C15H21NO3. The highest BCUT2D eigenvalue weighted by molar-refractivity contribution is 5.97. The van der Waals surface area contributed by atoms with E-state index in [-0.39, 0.29) is 5.91 Å². The Hall–Kier alpha value is -1.84. The van der Waals surface area contributed by atoms with Crippen molar-refractivity contribution in [3.63, 3.8) is 0 Å². The second-order valence-corrected chi connectivity index (χ2v) is 5.14. The van der Waals surface area contributed by atoms with E-state index >= 15 is 0 Å². The minimum Gasteiger partial charge on any atom is -0.480 e. The average Bonchev–Trinajstić information content (AvgIpc) is 2.32. The van der Waals surface area contributed by atoms with Crippen LogP contribution in [0.3, 0.4) is 0 Å². The molecule has 19 heavy (non-hydrogen) atoms. The lowest BCUT2D eigenvalue weighted by Gasteiger charge is -2.25. The van der Waals surface area contributed by atoms with Crippen LogP contribution in [0.15, 0.2) is 18.2 Å². The van der Waals surface area contributed by atoms with Gasteiger partial charge in [-0.1, -0.05) is 19.4 Å². The van der Waals surface area contributed by atoms with Crippen LogP contribution in [0.4, 0.5) is 0 Å². The Bertz CT molecular complexity index is 496. The molecule has 0 spiro atoms. The minimum absolute atomic E-state index is 0.346. The topological polar surface area (TPSA) is 66.4 Å². The fourth-order valence-electron chi connectivity index (χ4n) is 1.93. The molecule has 2 N–H and O–H groups in total. The number of hydrogen-bond donors (Lipinski definition) is 2. The van der Waals surface area contributed by atoms with E-state index in [1.165, 1.54) is 6.92 Å². The number of amides is 1. The highest BCUT2D eigenvalue weighted by Crippen LogP contribution is 2.15. The van der Waals surface area contributed by atoms with Crippen LogP contribution in [0.2, 0.25) is 0 Å². The lowest BCUT2D eigenvalue weighted by atomic mass is 9.95. The van der Waals surface area contributed by atoms with Crippen LogP contribution in [0.1, 0.15) is 48.2 Å². The van der Waals surface area contributed by atoms with Crippen molar-refractivity contribution >= 4 is 11.9 Å². The molecule has 0 aliphatic carbocycles. The van der Waals surface area contributed by atoms with Gasteiger partial charge in [-0.3, -0.25) is 4.79 Å². The summed E-state index contributed by atoms with van der Waals surface area (Å²) in [5.74, 6) is -1.35. The third-order valence-corrected chi connectivity index (χ3v) is 3.38. The van der Waals surface area contributed by atoms with E-state index in [1.54, 1.807) is 12.1 Å². The summed E-state index contributed by atoms with van der Waals surface area (Å²) in [7, 11) is 0. The molecule has 0 saturated carbocycles. The van der Waals surface area contributed by atoms with E-state index in [0.717, 1.165) is 11.1 Å². The summed E-state index contributed by atoms with van der Waals surface area (Å²) in [6.07, 6.45) is 1.09. The molecular weight excluding hydrogens is 242 g/mol. The number of nitrogens with one attached hydrogen (secondary N) is 1. The molecule has 1 amide bonds. The maximum Gasteiger partial charge on any atom is 0.329 e. The monoisotopic (exact) mass is 263 g/mol. The number of aryl methyl sites for hydroxylation is 2. The van der Waals surface area contributed by atoms with Crippen molar-refractivity contribution in [2.75, 3.05) is 0 Å². The van der Waals surface area contributed by atoms with Crippen LogP contribution in [0.5, 0.6) is 0 Å². The normalized spacial score (nSPS) is 13.7. The van der Waals surface area contributed by atoms with Crippen molar-refractivity contribution in [3.8, 4) is 0 Å². The van der Waals surface area contributed by atoms with Crippen molar-refractivity contribution in [2.24, 2.45) is 0 Å². The van der Waals surface area contributed by atoms with E-state index < -0.39 is 11.5 Å². The van der Waals surface area contributed by atoms with E-state index in [2.05, 4.69) is 5.32 Å². The molecule has 1 atom stereocenters. The van der Waals surface area contributed by atoms with Gasteiger partial charge in [-0.05, 0) is 50.5 Å². The number of aliphatic carboxylic acids is 1. The summed E-state index contributed by atoms with van der Waals surface area (Å²) in [6, 6.07) is 5.35. The first kappa shape index (κ1) is 15.2. The predicted octanol–water partition coefficient (Wildman–Crippen LogP) is 2.68. The molecule has 0 aliphatic heterocycles. The lowest BCUT2D eigenvalue weighted by molar-refractivity contribution is -0.144. The van der Waals surface area contributed by atoms with Gasteiger partial charge >= 0.3 is 5.97 Å². The Kier molecular flexibility index (Phi) is 4.70. The van der Waals surface area contributed by atoms with Crippen LogP contribution in [-0.2, 0) is 4.79 Å². The fourth-order valence-corrected chi connectivity index (χ4v) is 1.93. The zero-order chi connectivity index (χ0) is 14.6. The Balaban J connectivity index is 2.94. The molecule has 0 radical (unpaired) electrons. The largest absolute Gasteiger partial charge is 0.480 e. The molecule has 0 saturated heterocycles. The summed E-state index contributed by atoms with van der Waals surface area (Å²) < 4.78 is 0. The number of hydrogen-bond acceptors (Lipinski definition) is 2. The van der Waals surface area contributed by atoms with Gasteiger partial charge in [0.2, 0.25) is 0 Å². The smallest absolute Gasteiger partial charge is 0.329 e. The number of carboxylic acid groups (broad SMARTS) is 1. The summed E-state index contributed by atoms with van der Waals surface area (Å²) in [5.41, 5.74) is 1.39. The number of benzene rings is 1. The number of carbonyl (C=O) groups is 2. The third-order valence-electron chi connectivity index (χ3n) is 3.38. The van der Waals surface area contributed by atoms with E-state index in [9.17, 15) is 14.7 Å². The van der Waals surface area contributed by atoms with Gasteiger partial charge in [-0.15, -0.1) is 0 Å². The molecule has 0 aromatic heterocycles. The van der Waals surface area contributed by atoms with E-state index in [1.807, 2.05) is 26.8 Å². The molecule has 4 nitrogen and oxygen atoms in total. The average molecular weight is 263 g/mol. The second-order valence-electron chi connectivity index (χ2n) is 5.14. The van der Waals surface area contributed by atoms with Gasteiger partial charge in [-0.2, -0.15) is 0 Å². The number of rotatable bonds is 5. The van der Waals surface area contributed by atoms with E-state index in [0.29, 0.717) is 18.4 Å². The van der Waals surface area contributed by atoms with Crippen LogP contribution >= 0.6 is 0 Å². The predicted molar refractivity (Wildman–Crippen MR) is 74.3 cm³/mol. The highest BCUT2D eigenvalue weighted by Gasteiger charge is 2.34. The van der Waals surface area contributed by atoms with Crippen LogP contribution < -0.4 is 5.32 Å². The maximum absolute atomic E-state index is 12.1. The molecule has 0 aliphatic rings. The SMILES string of the molecule is CCCC(C)(NC(=O)c1ccc(C)c(C)c1)C(=O)O. The first-order valence-electron chi connectivity index (χ1n) is 6.43. The van der Waals surface area contributed by atoms with Crippen molar-refractivity contribution < 1.29 is 14.7 Å². The number of carboxylic acids is 1. The molecule has 1 aromatic carbocycles. The molecule has 0 heterocycles. The summed E-state index contributed by atoms with van der Waals surface area (Å²) in [4.78, 5) is 23.4. The van der Waals surface area contributed by atoms with Gasteiger partial charge in [0.05, 0.1) is 0 Å². The molecule has 1 unspecified atom stereocenters. The van der Waals surface area contributed by atoms with Gasteiger partial charge < -0.3 is 10.4 Å².